The van der Waals surface area contributed by atoms with Crippen LogP contribution in [-0.2, 0) is 9.53 Å². The molecule has 1 unspecified atom stereocenters. The highest BCUT2D eigenvalue weighted by molar-refractivity contribution is 5.94. The van der Waals surface area contributed by atoms with Crippen molar-refractivity contribution in [3.05, 3.63) is 11.9 Å². The Kier molecular flexibility index (Phi) is 8.65. The highest BCUT2D eigenvalue weighted by atomic mass is 16.6. The highest BCUT2D eigenvalue weighted by Crippen LogP contribution is 2.26. The monoisotopic (exact) mass is 393 g/mol. The molecular weight excluding hydrogens is 358 g/mol. The second-order valence-electron chi connectivity index (χ2n) is 8.02. The summed E-state index contributed by atoms with van der Waals surface area (Å²) < 4.78 is 5.45. The van der Waals surface area contributed by atoms with Crippen molar-refractivity contribution in [3.63, 3.8) is 0 Å². The van der Waals surface area contributed by atoms with E-state index in [0.29, 0.717) is 36.6 Å². The van der Waals surface area contributed by atoms with E-state index in [0.717, 1.165) is 12.8 Å². The average molecular weight is 394 g/mol. The summed E-state index contributed by atoms with van der Waals surface area (Å²) in [5, 5.41) is 0. The summed E-state index contributed by atoms with van der Waals surface area (Å²) in [6.45, 7) is 11.6. The van der Waals surface area contributed by atoms with E-state index in [1.807, 2.05) is 34.6 Å². The van der Waals surface area contributed by atoms with Gasteiger partial charge in [0.15, 0.2) is 0 Å². The zero-order valence-corrected chi connectivity index (χ0v) is 18.3. The molecule has 1 heterocycles. The number of rotatable bonds is 8. The third-order valence-corrected chi connectivity index (χ3v) is 4.23. The Morgan fingerprint density at radius 1 is 1.21 bits per heavy atom. The molecule has 0 bridgehead atoms. The molecule has 2 amide bonds. The Bertz CT molecular complexity index is 672. The third-order valence-electron chi connectivity index (χ3n) is 4.23. The maximum absolute atomic E-state index is 13.0. The van der Waals surface area contributed by atoms with Gasteiger partial charge in [0, 0.05) is 25.6 Å². The topological polar surface area (TPSA) is 102 Å². The molecule has 0 radical (unpaired) electrons. The van der Waals surface area contributed by atoms with Crippen LogP contribution < -0.4 is 10.6 Å². The SMILES string of the molecule is CCCC(=O)N(c1ncnc(N)c1C)C(CCC)CN(C)C(=O)OC(C)(C)C. The minimum atomic E-state index is -0.582. The fraction of sp³-hybridized carbons (Fsp3) is 0.700. The minimum absolute atomic E-state index is 0.0419. The van der Waals surface area contributed by atoms with E-state index in [2.05, 4.69) is 9.97 Å². The summed E-state index contributed by atoms with van der Waals surface area (Å²) in [6, 6.07) is -0.241. The van der Waals surface area contributed by atoms with Gasteiger partial charge in [-0.05, 0) is 40.5 Å². The number of likely N-dealkylation sites (N-methyl/N-ethyl adjacent to an activating group) is 1. The number of nitrogens with zero attached hydrogens (tertiary/aromatic N) is 4. The number of nitrogen functional groups attached to an aromatic ring is 1. The van der Waals surface area contributed by atoms with Crippen molar-refractivity contribution in [1.82, 2.24) is 14.9 Å². The van der Waals surface area contributed by atoms with Crippen molar-refractivity contribution in [2.45, 2.75) is 78.9 Å². The number of carbonyl (C=O) groups is 2. The van der Waals surface area contributed by atoms with Gasteiger partial charge in [-0.25, -0.2) is 14.8 Å². The van der Waals surface area contributed by atoms with E-state index in [9.17, 15) is 9.59 Å². The van der Waals surface area contributed by atoms with Gasteiger partial charge in [0.2, 0.25) is 5.91 Å². The predicted octanol–water partition coefficient (Wildman–Crippen LogP) is 3.54. The van der Waals surface area contributed by atoms with Crippen LogP contribution in [0.25, 0.3) is 0 Å². The molecule has 0 saturated heterocycles. The lowest BCUT2D eigenvalue weighted by atomic mass is 10.1. The zero-order valence-electron chi connectivity index (χ0n) is 18.3. The van der Waals surface area contributed by atoms with Crippen molar-refractivity contribution >= 4 is 23.6 Å². The molecule has 158 valence electrons. The van der Waals surface area contributed by atoms with Crippen LogP contribution in [-0.4, -0.2) is 52.1 Å². The summed E-state index contributed by atoms with van der Waals surface area (Å²) in [5.74, 6) is 0.803. The Balaban J connectivity index is 3.22. The van der Waals surface area contributed by atoms with Crippen LogP contribution in [0.2, 0.25) is 0 Å². The van der Waals surface area contributed by atoms with Crippen LogP contribution in [0.15, 0.2) is 6.33 Å². The molecule has 0 saturated carbocycles. The van der Waals surface area contributed by atoms with Gasteiger partial charge in [0.1, 0.15) is 23.6 Å². The van der Waals surface area contributed by atoms with E-state index in [1.54, 1.807) is 18.9 Å². The van der Waals surface area contributed by atoms with Crippen LogP contribution in [0.4, 0.5) is 16.4 Å². The first-order valence-corrected chi connectivity index (χ1v) is 9.85. The maximum atomic E-state index is 13.0. The second-order valence-corrected chi connectivity index (χ2v) is 8.02. The van der Waals surface area contributed by atoms with E-state index < -0.39 is 11.7 Å². The largest absolute Gasteiger partial charge is 0.444 e. The summed E-state index contributed by atoms with van der Waals surface area (Å²) in [7, 11) is 1.68. The van der Waals surface area contributed by atoms with Gasteiger partial charge in [-0.3, -0.25) is 9.69 Å². The molecule has 1 rings (SSSR count). The molecule has 0 aromatic carbocycles. The van der Waals surface area contributed by atoms with Crippen molar-refractivity contribution in [1.29, 1.82) is 0 Å². The van der Waals surface area contributed by atoms with Crippen LogP contribution in [0.5, 0.6) is 0 Å². The molecule has 8 nitrogen and oxygen atoms in total. The van der Waals surface area contributed by atoms with Crippen molar-refractivity contribution in [2.75, 3.05) is 24.2 Å². The van der Waals surface area contributed by atoms with E-state index in [1.165, 1.54) is 11.2 Å². The first kappa shape index (κ1) is 23.7. The third kappa shape index (κ3) is 6.65. The molecule has 8 heteroatoms. The van der Waals surface area contributed by atoms with Gasteiger partial charge in [0.05, 0.1) is 6.04 Å². The first-order valence-electron chi connectivity index (χ1n) is 9.85. The lowest BCUT2D eigenvalue weighted by molar-refractivity contribution is -0.119. The molecular formula is C20H35N5O3. The average Bonchev–Trinajstić information content (AvgIpc) is 2.57. The predicted molar refractivity (Wildman–Crippen MR) is 111 cm³/mol. The summed E-state index contributed by atoms with van der Waals surface area (Å²) in [4.78, 5) is 37.0. The van der Waals surface area contributed by atoms with E-state index >= 15 is 0 Å². The van der Waals surface area contributed by atoms with Gasteiger partial charge in [0.25, 0.3) is 0 Å². The van der Waals surface area contributed by atoms with Crippen LogP contribution in [0, 0.1) is 6.92 Å². The number of aromatic nitrogens is 2. The van der Waals surface area contributed by atoms with Gasteiger partial charge in [-0.2, -0.15) is 0 Å². The second kappa shape index (κ2) is 10.2. The standard InChI is InChI=1S/C20H35N5O3/c1-8-10-15(12-24(7)19(27)28-20(4,5)6)25(16(26)11-9-2)18-14(3)17(21)22-13-23-18/h13,15H,8-12H2,1-7H3,(H2,21,22,23). The van der Waals surface area contributed by atoms with Crippen LogP contribution >= 0.6 is 0 Å². The maximum Gasteiger partial charge on any atom is 0.410 e. The molecule has 0 aliphatic heterocycles. The van der Waals surface area contributed by atoms with Gasteiger partial charge >= 0.3 is 6.09 Å². The molecule has 28 heavy (non-hydrogen) atoms. The lowest BCUT2D eigenvalue weighted by Gasteiger charge is -2.35. The number of nitrogens with two attached hydrogens (primary N) is 1. The molecule has 0 fully saturated rings. The molecule has 1 aromatic heterocycles. The summed E-state index contributed by atoms with van der Waals surface area (Å²) in [5.41, 5.74) is 6.03. The van der Waals surface area contributed by atoms with Crippen molar-refractivity contribution < 1.29 is 14.3 Å². The number of hydrogen-bond acceptors (Lipinski definition) is 6. The van der Waals surface area contributed by atoms with Gasteiger partial charge in [-0.15, -0.1) is 0 Å². The Morgan fingerprint density at radius 3 is 2.39 bits per heavy atom. The number of carbonyl (C=O) groups excluding carboxylic acids is 2. The van der Waals surface area contributed by atoms with E-state index in [4.69, 9.17) is 10.5 Å². The van der Waals surface area contributed by atoms with Crippen molar-refractivity contribution in [2.24, 2.45) is 0 Å². The molecule has 2 N–H and O–H groups in total. The Labute approximate surface area is 168 Å². The summed E-state index contributed by atoms with van der Waals surface area (Å²) in [6.07, 6.45) is 3.61. The first-order chi connectivity index (χ1) is 13.0. The fourth-order valence-corrected chi connectivity index (χ4v) is 2.89. The molecule has 1 atom stereocenters. The van der Waals surface area contributed by atoms with Crippen molar-refractivity contribution in [3.8, 4) is 0 Å². The number of hydrogen-bond donors (Lipinski definition) is 1. The smallest absolute Gasteiger partial charge is 0.410 e. The lowest BCUT2D eigenvalue weighted by Crippen LogP contribution is -2.49. The minimum Gasteiger partial charge on any atom is -0.444 e. The van der Waals surface area contributed by atoms with E-state index in [-0.39, 0.29) is 11.9 Å². The molecule has 0 aliphatic rings. The summed E-state index contributed by atoms with van der Waals surface area (Å²) >= 11 is 0. The Hall–Kier alpha value is -2.38. The highest BCUT2D eigenvalue weighted by Gasteiger charge is 2.30. The Morgan fingerprint density at radius 2 is 1.86 bits per heavy atom. The molecule has 1 aromatic rings. The molecule has 0 aliphatic carbocycles. The zero-order chi connectivity index (χ0) is 21.5. The number of ether oxygens (including phenoxy) is 1. The number of amides is 2. The fourth-order valence-electron chi connectivity index (χ4n) is 2.89. The molecule has 0 spiro atoms. The quantitative estimate of drug-likeness (QED) is 0.725. The number of anilines is 2. The normalized spacial score (nSPS) is 12.4. The van der Waals surface area contributed by atoms with Crippen LogP contribution in [0.3, 0.4) is 0 Å². The van der Waals surface area contributed by atoms with Gasteiger partial charge in [-0.1, -0.05) is 20.3 Å². The van der Waals surface area contributed by atoms with Gasteiger partial charge < -0.3 is 15.4 Å². The van der Waals surface area contributed by atoms with Crippen LogP contribution in [0.1, 0.15) is 65.9 Å².